The predicted molar refractivity (Wildman–Crippen MR) is 471 cm³/mol. The van der Waals surface area contributed by atoms with Gasteiger partial charge in [-0.15, -0.1) is 0 Å². The summed E-state index contributed by atoms with van der Waals surface area (Å²) < 4.78 is 34.5. The molecule has 3 heterocycles. The first kappa shape index (κ1) is 108. The van der Waals surface area contributed by atoms with Crippen molar-refractivity contribution in [3.63, 3.8) is 0 Å². The molecule has 3 rings (SSSR count). The number of aliphatic hydroxyl groups is 11. The van der Waals surface area contributed by atoms with E-state index < -0.39 is 124 Å². The topological polar surface area (TPSA) is 307 Å². The highest BCUT2D eigenvalue weighted by Gasteiger charge is 2.54. The number of ether oxygens (including phenoxy) is 6. The molecule has 0 spiro atoms. The Morgan fingerprint density at radius 2 is 0.552 bits per heavy atom. The Hall–Kier alpha value is -1.99. The lowest BCUT2D eigenvalue weighted by atomic mass is 9.96. The maximum absolute atomic E-state index is 13.5. The van der Waals surface area contributed by atoms with E-state index in [2.05, 4.69) is 43.5 Å². The minimum absolute atomic E-state index is 0.237. The van der Waals surface area contributed by atoms with Crippen LogP contribution in [0.2, 0.25) is 0 Å². The van der Waals surface area contributed by atoms with Crippen LogP contribution in [0.4, 0.5) is 0 Å². The summed E-state index contributed by atoms with van der Waals surface area (Å²) >= 11 is 0. The lowest BCUT2D eigenvalue weighted by Crippen LogP contribution is -2.66. The third-order valence-corrected chi connectivity index (χ3v) is 24.7. The number of hydrogen-bond acceptors (Lipinski definition) is 18. The molecule has 0 aliphatic carbocycles. The van der Waals surface area contributed by atoms with E-state index in [0.717, 1.165) is 44.9 Å². The number of amides is 1. The van der Waals surface area contributed by atoms with Crippen molar-refractivity contribution in [2.45, 2.75) is 548 Å². The van der Waals surface area contributed by atoms with E-state index in [1.54, 1.807) is 6.08 Å². The van der Waals surface area contributed by atoms with Crippen molar-refractivity contribution in [1.82, 2.24) is 5.32 Å². The van der Waals surface area contributed by atoms with E-state index in [4.69, 9.17) is 28.4 Å². The minimum atomic E-state index is -1.98. The summed E-state index contributed by atoms with van der Waals surface area (Å²) in [6.07, 6.45) is 73.5. The fourth-order valence-corrected chi connectivity index (χ4v) is 16.9. The third-order valence-electron chi connectivity index (χ3n) is 24.7. The van der Waals surface area contributed by atoms with Crippen LogP contribution in [0.1, 0.15) is 444 Å². The van der Waals surface area contributed by atoms with Crippen LogP contribution in [0.25, 0.3) is 0 Å². The van der Waals surface area contributed by atoms with Crippen molar-refractivity contribution in [1.29, 1.82) is 0 Å². The summed E-state index contributed by atoms with van der Waals surface area (Å²) in [6.45, 7) is 1.79. The number of allylic oxidation sites excluding steroid dienone is 5. The summed E-state index contributed by atoms with van der Waals surface area (Å²) in [7, 11) is 0. The van der Waals surface area contributed by atoms with Gasteiger partial charge in [-0.2, -0.15) is 0 Å². The van der Waals surface area contributed by atoms with Gasteiger partial charge in [0, 0.05) is 6.42 Å². The lowest BCUT2D eigenvalue weighted by molar-refractivity contribution is -0.379. The molecule has 0 radical (unpaired) electrons. The van der Waals surface area contributed by atoms with Crippen LogP contribution in [0.15, 0.2) is 36.5 Å². The fraction of sp³-hybridized carbons (Fsp3) is 0.928. The summed E-state index contributed by atoms with van der Waals surface area (Å²) in [5, 5.41) is 121. The summed E-state index contributed by atoms with van der Waals surface area (Å²) in [4.78, 5) is 13.5. The van der Waals surface area contributed by atoms with Gasteiger partial charge in [0.15, 0.2) is 18.9 Å². The Bertz CT molecular complexity index is 2230. The number of aliphatic hydroxyl groups excluding tert-OH is 11. The standard InChI is InChI=1S/C97H183NO18/c1-3-5-7-9-11-13-15-17-19-21-23-25-27-29-31-33-35-36-37-38-39-40-41-42-43-44-45-47-49-51-53-55-57-59-61-63-65-67-69-71-73-75-85(103)98-80(81(102)74-72-70-68-66-64-62-60-58-56-54-52-50-48-46-34-32-30-28-26-24-22-20-18-16-14-12-10-8-6-4-2)79-111-95-91(109)88(106)93(83(77-100)113-95)116-97-92(110)89(107)94(84(78-101)114-97)115-96-90(108)87(105)86(104)82(76-99)112-96/h56,58,64,66,72,74,80-84,86-97,99-102,104-110H,3-55,57,59-63,65,67-71,73,75-79H2,1-2H3,(H,98,103)/b58-56+,66-64+,74-72+. The van der Waals surface area contributed by atoms with Gasteiger partial charge in [0.05, 0.1) is 38.6 Å². The quantitative estimate of drug-likeness (QED) is 0.0199. The SMILES string of the molecule is CCCCCCCCCCCCCCCCCCCCCC/C=C/CC/C=C/CC/C=C/C(O)C(COC1OC(CO)C(OC2OC(CO)C(OC3OC(CO)C(O)C(O)C3O)C(O)C2O)C(O)C1O)NC(=O)CCCCCCCCCCCCCCCCCCCCCCCCCCCCCCCCCCCCCCCCCCC. The van der Waals surface area contributed by atoms with E-state index in [1.807, 2.05) is 6.08 Å². The highest BCUT2D eigenvalue weighted by molar-refractivity contribution is 5.76. The zero-order valence-corrected chi connectivity index (χ0v) is 74.3. The van der Waals surface area contributed by atoms with E-state index in [1.165, 1.54) is 366 Å². The molecule has 0 aromatic rings. The number of nitrogens with one attached hydrogen (secondary N) is 1. The molecule has 19 heteroatoms. The first-order valence-corrected chi connectivity index (χ1v) is 49.2. The number of rotatable bonds is 82. The first-order chi connectivity index (χ1) is 56.8. The van der Waals surface area contributed by atoms with Gasteiger partial charge in [0.2, 0.25) is 5.91 Å². The molecule has 684 valence electrons. The molecule has 0 bridgehead atoms. The summed E-state index contributed by atoms with van der Waals surface area (Å²) in [5.74, 6) is -0.280. The largest absolute Gasteiger partial charge is 0.394 e. The van der Waals surface area contributed by atoms with Gasteiger partial charge >= 0.3 is 0 Å². The van der Waals surface area contributed by atoms with Crippen LogP contribution in [-0.4, -0.2) is 193 Å². The first-order valence-electron chi connectivity index (χ1n) is 49.2. The number of unbranched alkanes of at least 4 members (excludes halogenated alkanes) is 62. The second-order valence-electron chi connectivity index (χ2n) is 35.2. The molecule has 3 aliphatic heterocycles. The van der Waals surface area contributed by atoms with Gasteiger partial charge in [-0.1, -0.05) is 429 Å². The molecule has 3 fully saturated rings. The Morgan fingerprint density at radius 3 is 0.862 bits per heavy atom. The molecule has 3 saturated heterocycles. The average molecular weight is 1650 g/mol. The molecule has 0 saturated carbocycles. The summed E-state index contributed by atoms with van der Waals surface area (Å²) in [5.41, 5.74) is 0. The van der Waals surface area contributed by atoms with Crippen molar-refractivity contribution in [3.05, 3.63) is 36.5 Å². The molecule has 116 heavy (non-hydrogen) atoms. The average Bonchev–Trinajstić information content (AvgIpc) is 0.779. The molecule has 12 N–H and O–H groups in total. The Balaban J connectivity index is 1.29. The smallest absolute Gasteiger partial charge is 0.220 e. The molecular weight excluding hydrogens is 1470 g/mol. The van der Waals surface area contributed by atoms with Crippen LogP contribution < -0.4 is 5.32 Å². The number of carbonyl (C=O) groups is 1. The predicted octanol–water partition coefficient (Wildman–Crippen LogP) is 20.1. The van der Waals surface area contributed by atoms with Crippen molar-refractivity contribution in [3.8, 4) is 0 Å². The van der Waals surface area contributed by atoms with Crippen molar-refractivity contribution in [2.75, 3.05) is 26.4 Å². The van der Waals surface area contributed by atoms with Crippen LogP contribution in [-0.2, 0) is 33.2 Å². The molecule has 0 aromatic carbocycles. The molecule has 17 atom stereocenters. The van der Waals surface area contributed by atoms with Crippen LogP contribution >= 0.6 is 0 Å². The van der Waals surface area contributed by atoms with E-state index in [9.17, 15) is 61.0 Å². The van der Waals surface area contributed by atoms with Crippen LogP contribution in [0.5, 0.6) is 0 Å². The Kier molecular flexibility index (Phi) is 71.5. The van der Waals surface area contributed by atoms with Gasteiger partial charge < -0.3 is 89.9 Å². The van der Waals surface area contributed by atoms with Crippen LogP contribution in [0, 0.1) is 0 Å². The van der Waals surface area contributed by atoms with Crippen molar-refractivity contribution in [2.24, 2.45) is 0 Å². The van der Waals surface area contributed by atoms with E-state index in [-0.39, 0.29) is 18.9 Å². The van der Waals surface area contributed by atoms with Crippen molar-refractivity contribution < 1.29 is 89.4 Å². The maximum atomic E-state index is 13.5. The highest BCUT2D eigenvalue weighted by atomic mass is 16.8. The zero-order valence-electron chi connectivity index (χ0n) is 74.3. The molecule has 19 nitrogen and oxygen atoms in total. The lowest BCUT2D eigenvalue weighted by Gasteiger charge is -2.48. The third kappa shape index (κ3) is 53.9. The minimum Gasteiger partial charge on any atom is -0.394 e. The second kappa shape index (κ2) is 76.6. The van der Waals surface area contributed by atoms with E-state index in [0.29, 0.717) is 12.8 Å². The normalized spacial score (nSPS) is 24.6. The number of carbonyl (C=O) groups excluding carboxylic acids is 1. The maximum Gasteiger partial charge on any atom is 0.220 e. The van der Waals surface area contributed by atoms with Gasteiger partial charge in [0.25, 0.3) is 0 Å². The fourth-order valence-electron chi connectivity index (χ4n) is 16.9. The summed E-state index contributed by atoms with van der Waals surface area (Å²) in [6, 6.07) is -0.998. The highest BCUT2D eigenvalue weighted by Crippen LogP contribution is 2.34. The molecule has 0 aromatic heterocycles. The zero-order chi connectivity index (χ0) is 83.8. The number of hydrogen-bond donors (Lipinski definition) is 12. The van der Waals surface area contributed by atoms with Gasteiger partial charge in [-0.3, -0.25) is 4.79 Å². The second-order valence-corrected chi connectivity index (χ2v) is 35.2. The Morgan fingerprint density at radius 1 is 0.302 bits per heavy atom. The van der Waals surface area contributed by atoms with Gasteiger partial charge in [-0.25, -0.2) is 0 Å². The van der Waals surface area contributed by atoms with Gasteiger partial charge in [-0.05, 0) is 44.9 Å². The van der Waals surface area contributed by atoms with E-state index >= 15 is 0 Å². The van der Waals surface area contributed by atoms with Crippen LogP contribution in [0.3, 0.4) is 0 Å². The van der Waals surface area contributed by atoms with Gasteiger partial charge in [0.1, 0.15) is 73.2 Å². The molecular formula is C97H183NO18. The molecule has 1 amide bonds. The molecule has 17 unspecified atom stereocenters. The van der Waals surface area contributed by atoms with Crippen molar-refractivity contribution >= 4 is 5.91 Å². The molecule has 3 aliphatic rings. The monoisotopic (exact) mass is 1650 g/mol. The Labute approximate surface area is 708 Å².